The zero-order valence-electron chi connectivity index (χ0n) is 13.2. The van der Waals surface area contributed by atoms with Gasteiger partial charge in [0.15, 0.2) is 11.0 Å². The fourth-order valence-corrected chi connectivity index (χ4v) is 3.53. The van der Waals surface area contributed by atoms with Crippen molar-refractivity contribution in [2.24, 2.45) is 7.05 Å². The summed E-state index contributed by atoms with van der Waals surface area (Å²) >= 11 is 19.5. The summed E-state index contributed by atoms with van der Waals surface area (Å²) in [5.74, 6) is 2.06. The molecule has 0 aliphatic heterocycles. The largest absolute Gasteiger partial charge is 0.484 e. The number of rotatable bonds is 6. The second-order valence-electron chi connectivity index (χ2n) is 5.24. The van der Waals surface area contributed by atoms with E-state index in [0.29, 0.717) is 21.6 Å². The van der Waals surface area contributed by atoms with Crippen molar-refractivity contribution in [1.82, 2.24) is 14.8 Å². The van der Waals surface area contributed by atoms with E-state index in [0.717, 1.165) is 15.9 Å². The van der Waals surface area contributed by atoms with Gasteiger partial charge in [0, 0.05) is 22.8 Å². The number of thioether (sulfide) groups is 1. The highest BCUT2D eigenvalue weighted by atomic mass is 35.5. The molecule has 0 fully saturated rings. The van der Waals surface area contributed by atoms with Gasteiger partial charge in [0.2, 0.25) is 0 Å². The summed E-state index contributed by atoms with van der Waals surface area (Å²) < 4.78 is 7.62. The first kappa shape index (κ1) is 18.4. The third-order valence-corrected chi connectivity index (χ3v) is 5.33. The number of benzene rings is 2. The van der Waals surface area contributed by atoms with Crippen LogP contribution in [-0.2, 0) is 19.4 Å². The Kier molecular flexibility index (Phi) is 6.12. The lowest BCUT2D eigenvalue weighted by molar-refractivity contribution is 0.290. The van der Waals surface area contributed by atoms with E-state index >= 15 is 0 Å². The van der Waals surface area contributed by atoms with Gasteiger partial charge in [0.05, 0.1) is 5.02 Å². The molecule has 0 atom stereocenters. The molecule has 4 nitrogen and oxygen atoms in total. The molecule has 0 radical (unpaired) electrons. The van der Waals surface area contributed by atoms with E-state index in [9.17, 15) is 0 Å². The van der Waals surface area contributed by atoms with Crippen LogP contribution in [0.4, 0.5) is 0 Å². The second kappa shape index (κ2) is 8.32. The van der Waals surface area contributed by atoms with Gasteiger partial charge in [-0.3, -0.25) is 0 Å². The summed E-state index contributed by atoms with van der Waals surface area (Å²) in [6.45, 7) is 0.270. The van der Waals surface area contributed by atoms with Crippen molar-refractivity contribution < 1.29 is 4.74 Å². The lowest BCUT2D eigenvalue weighted by Crippen LogP contribution is -2.04. The molecule has 0 aliphatic rings. The SMILES string of the molecule is Cn1c(COc2ccc(Cl)cc2Cl)nnc1SCc1ccc(Cl)cc1. The van der Waals surface area contributed by atoms with E-state index in [4.69, 9.17) is 39.5 Å². The van der Waals surface area contributed by atoms with E-state index in [1.165, 1.54) is 5.56 Å². The zero-order chi connectivity index (χ0) is 17.8. The maximum atomic E-state index is 6.10. The average Bonchev–Trinajstić information content (AvgIpc) is 2.94. The van der Waals surface area contributed by atoms with E-state index in [1.807, 2.05) is 35.9 Å². The highest BCUT2D eigenvalue weighted by Gasteiger charge is 2.11. The zero-order valence-corrected chi connectivity index (χ0v) is 16.3. The van der Waals surface area contributed by atoms with Crippen LogP contribution >= 0.6 is 46.6 Å². The number of ether oxygens (including phenoxy) is 1. The summed E-state index contributed by atoms with van der Waals surface area (Å²) in [4.78, 5) is 0. The van der Waals surface area contributed by atoms with Crippen LogP contribution in [0, 0.1) is 0 Å². The fraction of sp³-hybridized carbons (Fsp3) is 0.176. The molecule has 130 valence electrons. The highest BCUT2D eigenvalue weighted by molar-refractivity contribution is 7.98. The molecular formula is C17H14Cl3N3OS. The van der Waals surface area contributed by atoms with Crippen molar-refractivity contribution in [2.45, 2.75) is 17.5 Å². The van der Waals surface area contributed by atoms with Crippen LogP contribution < -0.4 is 4.74 Å². The molecule has 3 rings (SSSR count). The van der Waals surface area contributed by atoms with E-state index in [1.54, 1.807) is 30.0 Å². The topological polar surface area (TPSA) is 39.9 Å². The molecule has 1 heterocycles. The Morgan fingerprint density at radius 2 is 1.72 bits per heavy atom. The number of aromatic nitrogens is 3. The molecular weight excluding hydrogens is 401 g/mol. The predicted octanol–water partition coefficient (Wildman–Crippen LogP) is 5.65. The van der Waals surface area contributed by atoms with Crippen molar-refractivity contribution in [3.8, 4) is 5.75 Å². The molecule has 8 heteroatoms. The summed E-state index contributed by atoms with van der Waals surface area (Å²) in [5.41, 5.74) is 1.17. The molecule has 0 spiro atoms. The Morgan fingerprint density at radius 3 is 2.44 bits per heavy atom. The van der Waals surface area contributed by atoms with Crippen molar-refractivity contribution >= 4 is 46.6 Å². The first-order valence-corrected chi connectivity index (χ1v) is 9.48. The Labute approximate surface area is 165 Å². The fourth-order valence-electron chi connectivity index (χ4n) is 2.06. The Bertz CT molecular complexity index is 868. The van der Waals surface area contributed by atoms with Crippen molar-refractivity contribution in [3.05, 3.63) is 68.9 Å². The van der Waals surface area contributed by atoms with Crippen LogP contribution in [0.25, 0.3) is 0 Å². The third kappa shape index (κ3) is 4.82. The normalized spacial score (nSPS) is 10.9. The van der Waals surface area contributed by atoms with Gasteiger partial charge in [0.25, 0.3) is 0 Å². The summed E-state index contributed by atoms with van der Waals surface area (Å²) in [6, 6.07) is 12.9. The minimum absolute atomic E-state index is 0.270. The lowest BCUT2D eigenvalue weighted by atomic mass is 10.2. The first-order valence-electron chi connectivity index (χ1n) is 7.36. The monoisotopic (exact) mass is 413 g/mol. The molecule has 0 saturated heterocycles. The van der Waals surface area contributed by atoms with Gasteiger partial charge < -0.3 is 9.30 Å². The summed E-state index contributed by atoms with van der Waals surface area (Å²) in [7, 11) is 1.91. The molecule has 0 unspecified atom stereocenters. The molecule has 0 aliphatic carbocycles. The number of halogens is 3. The Morgan fingerprint density at radius 1 is 1.00 bits per heavy atom. The minimum Gasteiger partial charge on any atom is -0.484 e. The van der Waals surface area contributed by atoms with E-state index < -0.39 is 0 Å². The molecule has 0 amide bonds. The van der Waals surface area contributed by atoms with E-state index in [2.05, 4.69) is 10.2 Å². The van der Waals surface area contributed by atoms with Gasteiger partial charge in [-0.2, -0.15) is 0 Å². The average molecular weight is 415 g/mol. The highest BCUT2D eigenvalue weighted by Crippen LogP contribution is 2.28. The molecule has 0 saturated carbocycles. The quantitative estimate of drug-likeness (QED) is 0.489. The van der Waals surface area contributed by atoms with Gasteiger partial charge >= 0.3 is 0 Å². The molecule has 3 aromatic rings. The lowest BCUT2D eigenvalue weighted by Gasteiger charge is -2.08. The van der Waals surface area contributed by atoms with Crippen LogP contribution in [0.3, 0.4) is 0 Å². The molecule has 0 N–H and O–H groups in total. The minimum atomic E-state index is 0.270. The number of nitrogens with zero attached hydrogens (tertiary/aromatic N) is 3. The van der Waals surface area contributed by atoms with Crippen LogP contribution in [0.5, 0.6) is 5.75 Å². The Hall–Kier alpha value is -1.40. The van der Waals surface area contributed by atoms with E-state index in [-0.39, 0.29) is 6.61 Å². The van der Waals surface area contributed by atoms with Gasteiger partial charge in [-0.15, -0.1) is 10.2 Å². The summed E-state index contributed by atoms with van der Waals surface area (Å²) in [5, 5.41) is 11.0. The van der Waals surface area contributed by atoms with Crippen LogP contribution in [0.2, 0.25) is 15.1 Å². The van der Waals surface area contributed by atoms with Gasteiger partial charge in [0.1, 0.15) is 12.4 Å². The van der Waals surface area contributed by atoms with Gasteiger partial charge in [-0.1, -0.05) is 58.7 Å². The van der Waals surface area contributed by atoms with Crippen LogP contribution in [0.1, 0.15) is 11.4 Å². The number of hydrogen-bond acceptors (Lipinski definition) is 4. The number of hydrogen-bond donors (Lipinski definition) is 0. The van der Waals surface area contributed by atoms with Crippen LogP contribution in [0.15, 0.2) is 47.6 Å². The maximum absolute atomic E-state index is 6.10. The standard InChI is InChI=1S/C17H14Cl3N3OS/c1-23-16(9-24-15-7-6-13(19)8-14(15)20)21-22-17(23)25-10-11-2-4-12(18)5-3-11/h2-8H,9-10H2,1H3. The molecule has 2 aromatic carbocycles. The first-order chi connectivity index (χ1) is 12.0. The van der Waals surface area contributed by atoms with Gasteiger partial charge in [-0.25, -0.2) is 0 Å². The molecule has 0 bridgehead atoms. The summed E-state index contributed by atoms with van der Waals surface area (Å²) in [6.07, 6.45) is 0. The van der Waals surface area contributed by atoms with Crippen molar-refractivity contribution in [2.75, 3.05) is 0 Å². The second-order valence-corrected chi connectivity index (χ2v) is 7.46. The molecule has 25 heavy (non-hydrogen) atoms. The van der Waals surface area contributed by atoms with Crippen LogP contribution in [-0.4, -0.2) is 14.8 Å². The third-order valence-electron chi connectivity index (χ3n) is 3.46. The smallest absolute Gasteiger partial charge is 0.191 e. The predicted molar refractivity (Wildman–Crippen MR) is 103 cm³/mol. The van der Waals surface area contributed by atoms with Crippen molar-refractivity contribution in [1.29, 1.82) is 0 Å². The van der Waals surface area contributed by atoms with Gasteiger partial charge in [-0.05, 0) is 35.9 Å². The Balaban J connectivity index is 1.61. The molecule has 1 aromatic heterocycles. The maximum Gasteiger partial charge on any atom is 0.191 e. The van der Waals surface area contributed by atoms with Crippen molar-refractivity contribution in [3.63, 3.8) is 0 Å².